The van der Waals surface area contributed by atoms with Crippen LogP contribution in [0.1, 0.15) is 17.3 Å². The van der Waals surface area contributed by atoms with Gasteiger partial charge in [-0.1, -0.05) is 17.7 Å². The molecule has 144 valence electrons. The molecule has 0 radical (unpaired) electrons. The largest absolute Gasteiger partial charge is 0.495 e. The molecule has 0 saturated heterocycles. The molecule has 0 aliphatic carbocycles. The average Bonchev–Trinajstić information content (AvgIpc) is 2.61. The van der Waals surface area contributed by atoms with Crippen molar-refractivity contribution < 1.29 is 27.5 Å². The Morgan fingerprint density at radius 3 is 2.52 bits per heavy atom. The number of nitrogens with two attached hydrogens (primary N) is 1. The van der Waals surface area contributed by atoms with E-state index in [-0.39, 0.29) is 21.9 Å². The molecular formula is C17H17ClN2O6S. The lowest BCUT2D eigenvalue weighted by molar-refractivity contribution is -0.125. The smallest absolute Gasteiger partial charge is 0.338 e. The van der Waals surface area contributed by atoms with Crippen LogP contribution in [-0.4, -0.2) is 33.5 Å². The third-order valence-corrected chi connectivity index (χ3v) is 5.07. The van der Waals surface area contributed by atoms with Gasteiger partial charge < -0.3 is 15.2 Å². The number of nitrogens with one attached hydrogen (secondary N) is 1. The fourth-order valence-corrected chi connectivity index (χ4v) is 3.32. The van der Waals surface area contributed by atoms with Gasteiger partial charge >= 0.3 is 5.97 Å². The van der Waals surface area contributed by atoms with Crippen LogP contribution in [0.4, 0.5) is 5.69 Å². The summed E-state index contributed by atoms with van der Waals surface area (Å²) < 4.78 is 37.6. The third kappa shape index (κ3) is 5.11. The molecule has 0 heterocycles. The minimum Gasteiger partial charge on any atom is -0.495 e. The van der Waals surface area contributed by atoms with Crippen molar-refractivity contribution >= 4 is 39.2 Å². The molecule has 27 heavy (non-hydrogen) atoms. The number of anilines is 1. The molecule has 1 atom stereocenters. The number of sulfonamides is 1. The number of rotatable bonds is 7. The first-order valence-electron chi connectivity index (χ1n) is 7.61. The summed E-state index contributed by atoms with van der Waals surface area (Å²) in [5.41, 5.74) is 5.13. The maximum absolute atomic E-state index is 12.7. The number of carbonyl (C=O) groups excluding carboxylic acids is 2. The minimum atomic E-state index is -4.05. The lowest BCUT2D eigenvalue weighted by atomic mass is 10.2. The highest BCUT2D eigenvalue weighted by molar-refractivity contribution is 7.92. The maximum Gasteiger partial charge on any atom is 0.338 e. The lowest BCUT2D eigenvalue weighted by Crippen LogP contribution is -2.30. The van der Waals surface area contributed by atoms with Gasteiger partial charge in [0.25, 0.3) is 15.9 Å². The van der Waals surface area contributed by atoms with Crippen LogP contribution >= 0.6 is 11.6 Å². The number of primary amides is 1. The Labute approximate surface area is 161 Å². The van der Waals surface area contributed by atoms with Crippen LogP contribution in [0.5, 0.6) is 5.75 Å². The Morgan fingerprint density at radius 2 is 1.89 bits per heavy atom. The Kier molecular flexibility index (Phi) is 6.29. The molecule has 0 spiro atoms. The van der Waals surface area contributed by atoms with Crippen LogP contribution in [0.25, 0.3) is 0 Å². The molecule has 1 amide bonds. The molecule has 0 unspecified atom stereocenters. The van der Waals surface area contributed by atoms with Gasteiger partial charge in [-0.3, -0.25) is 9.52 Å². The monoisotopic (exact) mass is 412 g/mol. The molecule has 0 bridgehead atoms. The van der Waals surface area contributed by atoms with E-state index in [1.165, 1.54) is 44.4 Å². The van der Waals surface area contributed by atoms with Crippen LogP contribution in [0.2, 0.25) is 5.02 Å². The number of ether oxygens (including phenoxy) is 2. The quantitative estimate of drug-likeness (QED) is 0.671. The Morgan fingerprint density at radius 1 is 1.19 bits per heavy atom. The summed E-state index contributed by atoms with van der Waals surface area (Å²) in [6.45, 7) is 1.31. The van der Waals surface area contributed by atoms with E-state index in [0.717, 1.165) is 6.07 Å². The molecule has 2 aromatic carbocycles. The van der Waals surface area contributed by atoms with Crippen LogP contribution < -0.4 is 15.2 Å². The van der Waals surface area contributed by atoms with Gasteiger partial charge in [-0.25, -0.2) is 13.2 Å². The van der Waals surface area contributed by atoms with Gasteiger partial charge in [0.05, 0.1) is 23.3 Å². The summed E-state index contributed by atoms with van der Waals surface area (Å²) in [5.74, 6) is -1.42. The zero-order valence-corrected chi connectivity index (χ0v) is 16.0. The van der Waals surface area contributed by atoms with Gasteiger partial charge in [-0.05, 0) is 43.3 Å². The summed E-state index contributed by atoms with van der Waals surface area (Å²) in [7, 11) is -2.67. The summed E-state index contributed by atoms with van der Waals surface area (Å²) in [4.78, 5) is 22.9. The van der Waals surface area contributed by atoms with Crippen molar-refractivity contribution in [2.75, 3.05) is 11.8 Å². The van der Waals surface area contributed by atoms with E-state index in [4.69, 9.17) is 26.8 Å². The Hall–Kier alpha value is -2.78. The van der Waals surface area contributed by atoms with E-state index in [0.29, 0.717) is 5.02 Å². The molecule has 0 saturated carbocycles. The van der Waals surface area contributed by atoms with Crippen molar-refractivity contribution in [1.29, 1.82) is 0 Å². The van der Waals surface area contributed by atoms with Crippen molar-refractivity contribution in [3.8, 4) is 5.75 Å². The fourth-order valence-electron chi connectivity index (χ4n) is 2.04. The van der Waals surface area contributed by atoms with E-state index in [1.54, 1.807) is 6.07 Å². The van der Waals surface area contributed by atoms with Crippen molar-refractivity contribution in [3.63, 3.8) is 0 Å². The summed E-state index contributed by atoms with van der Waals surface area (Å²) in [6, 6.07) is 9.60. The average molecular weight is 413 g/mol. The normalized spacial score (nSPS) is 12.1. The number of halogens is 1. The zero-order valence-electron chi connectivity index (χ0n) is 14.4. The fraction of sp³-hybridized carbons (Fsp3) is 0.176. The van der Waals surface area contributed by atoms with Crippen molar-refractivity contribution in [1.82, 2.24) is 0 Å². The van der Waals surface area contributed by atoms with Crippen LogP contribution in [-0.2, 0) is 19.6 Å². The van der Waals surface area contributed by atoms with Crippen LogP contribution in [0.15, 0.2) is 47.4 Å². The second-order valence-corrected chi connectivity index (χ2v) is 7.55. The predicted molar refractivity (Wildman–Crippen MR) is 99.3 cm³/mol. The number of carbonyl (C=O) groups is 2. The second-order valence-electron chi connectivity index (χ2n) is 5.43. The van der Waals surface area contributed by atoms with Crippen molar-refractivity contribution in [2.45, 2.75) is 17.9 Å². The van der Waals surface area contributed by atoms with E-state index in [9.17, 15) is 18.0 Å². The number of hydrogen-bond donors (Lipinski definition) is 2. The maximum atomic E-state index is 12.7. The topological polar surface area (TPSA) is 125 Å². The highest BCUT2D eigenvalue weighted by atomic mass is 35.5. The number of esters is 1. The first kappa shape index (κ1) is 20.5. The molecule has 2 rings (SSSR count). The van der Waals surface area contributed by atoms with Crippen LogP contribution in [0.3, 0.4) is 0 Å². The standard InChI is InChI=1S/C17H17ClN2O6S/c1-10(16(19)21)26-17(22)11-4-3-5-13(8-11)27(23,24)20-14-9-12(18)6-7-15(14)25-2/h3-10,20H,1-2H3,(H2,19,21)/t10-/m0/s1. The van der Waals surface area contributed by atoms with E-state index >= 15 is 0 Å². The van der Waals surface area contributed by atoms with E-state index < -0.39 is 28.0 Å². The molecule has 2 aromatic rings. The highest BCUT2D eigenvalue weighted by Crippen LogP contribution is 2.30. The number of benzene rings is 2. The molecule has 3 N–H and O–H groups in total. The van der Waals surface area contributed by atoms with Crippen LogP contribution in [0, 0.1) is 0 Å². The van der Waals surface area contributed by atoms with Crippen molar-refractivity contribution in [2.24, 2.45) is 5.73 Å². The minimum absolute atomic E-state index is 0.0518. The van der Waals surface area contributed by atoms with Gasteiger partial charge in [0.1, 0.15) is 5.75 Å². The molecule has 0 fully saturated rings. The van der Waals surface area contributed by atoms with Gasteiger partial charge in [0.15, 0.2) is 6.10 Å². The first-order valence-corrected chi connectivity index (χ1v) is 9.47. The summed E-state index contributed by atoms with van der Waals surface area (Å²) in [5, 5.41) is 0.311. The van der Waals surface area contributed by atoms with Gasteiger partial charge in [-0.15, -0.1) is 0 Å². The molecule has 0 aromatic heterocycles. The van der Waals surface area contributed by atoms with Gasteiger partial charge in [0.2, 0.25) is 0 Å². The molecule has 0 aliphatic rings. The molecular weight excluding hydrogens is 396 g/mol. The Balaban J connectivity index is 2.31. The molecule has 8 nitrogen and oxygen atoms in total. The summed E-state index contributed by atoms with van der Waals surface area (Å²) >= 11 is 5.90. The molecule has 0 aliphatic heterocycles. The number of amides is 1. The second kappa shape index (κ2) is 8.28. The third-order valence-electron chi connectivity index (χ3n) is 3.47. The van der Waals surface area contributed by atoms with Gasteiger partial charge in [-0.2, -0.15) is 0 Å². The first-order chi connectivity index (χ1) is 12.6. The zero-order chi connectivity index (χ0) is 20.2. The number of hydrogen-bond acceptors (Lipinski definition) is 6. The predicted octanol–water partition coefficient (Wildman–Crippen LogP) is 2.18. The SMILES string of the molecule is COc1ccc(Cl)cc1NS(=O)(=O)c1cccc(C(=O)O[C@@H](C)C(N)=O)c1. The Bertz CT molecular complexity index is 977. The van der Waals surface area contributed by atoms with E-state index in [1.807, 2.05) is 0 Å². The lowest BCUT2D eigenvalue weighted by Gasteiger charge is -2.13. The number of methoxy groups -OCH3 is 1. The highest BCUT2D eigenvalue weighted by Gasteiger charge is 2.21. The van der Waals surface area contributed by atoms with Crippen molar-refractivity contribution in [3.05, 3.63) is 53.1 Å². The summed E-state index contributed by atoms with van der Waals surface area (Å²) in [6.07, 6.45) is -1.15. The molecule has 10 heteroatoms. The van der Waals surface area contributed by atoms with Gasteiger partial charge in [0, 0.05) is 5.02 Å². The van der Waals surface area contributed by atoms with E-state index in [2.05, 4.69) is 4.72 Å².